The first-order chi connectivity index (χ1) is 9.22. The number of nitrogens with zero attached hydrogens (tertiary/aromatic N) is 2. The van der Waals surface area contributed by atoms with Gasteiger partial charge in [-0.05, 0) is 13.3 Å². The van der Waals surface area contributed by atoms with Crippen molar-refractivity contribution in [3.8, 4) is 0 Å². The van der Waals surface area contributed by atoms with Gasteiger partial charge >= 0.3 is 5.97 Å². The predicted octanol–water partition coefficient (Wildman–Crippen LogP) is 2.52. The molecule has 0 aromatic carbocycles. The lowest BCUT2D eigenvalue weighted by Gasteiger charge is -2.12. The highest BCUT2D eigenvalue weighted by Gasteiger charge is 2.11. The molecule has 0 saturated heterocycles. The number of esters is 1. The number of rotatable bonds is 8. The number of carbonyl (C=O) groups excluding carboxylic acids is 1. The van der Waals surface area contributed by atoms with E-state index in [1.54, 1.807) is 18.1 Å². The van der Waals surface area contributed by atoms with E-state index >= 15 is 0 Å². The molecule has 5 nitrogen and oxygen atoms in total. The van der Waals surface area contributed by atoms with E-state index in [0.717, 1.165) is 35.8 Å². The second-order valence-corrected chi connectivity index (χ2v) is 5.04. The van der Waals surface area contributed by atoms with Crippen LogP contribution in [-0.4, -0.2) is 35.3 Å². The maximum Gasteiger partial charge on any atom is 0.306 e. The van der Waals surface area contributed by atoms with Gasteiger partial charge in [0.2, 0.25) is 0 Å². The Morgan fingerprint density at radius 3 is 2.84 bits per heavy atom. The molecule has 1 aromatic heterocycles. The zero-order chi connectivity index (χ0) is 14.1. The van der Waals surface area contributed by atoms with Gasteiger partial charge in [-0.25, -0.2) is 9.97 Å². The van der Waals surface area contributed by atoms with Crippen LogP contribution < -0.4 is 5.32 Å². The van der Waals surface area contributed by atoms with Crippen LogP contribution in [0.25, 0.3) is 0 Å². The Morgan fingerprint density at radius 1 is 1.42 bits per heavy atom. The lowest BCUT2D eigenvalue weighted by Crippen LogP contribution is -2.07. The average Bonchev–Trinajstić information content (AvgIpc) is 2.42. The summed E-state index contributed by atoms with van der Waals surface area (Å²) >= 11 is 1.58. The second kappa shape index (κ2) is 8.74. The number of ether oxygens (including phenoxy) is 1. The number of anilines is 1. The van der Waals surface area contributed by atoms with Crippen molar-refractivity contribution in [2.75, 3.05) is 24.7 Å². The predicted molar refractivity (Wildman–Crippen MR) is 77.5 cm³/mol. The lowest BCUT2D eigenvalue weighted by atomic mass is 10.2. The van der Waals surface area contributed by atoms with Crippen LogP contribution in [-0.2, 0) is 16.0 Å². The Bertz CT molecular complexity index is 413. The standard InChI is InChI=1S/C13H21N3O2S/c1-4-6-10-12(14-5-2)15-9-16-13(10)19-8-7-11(17)18-3/h9H,4-8H2,1-3H3,(H,14,15,16). The van der Waals surface area contributed by atoms with Crippen LogP contribution in [0.15, 0.2) is 11.4 Å². The molecule has 0 aliphatic carbocycles. The van der Waals surface area contributed by atoms with E-state index in [2.05, 4.69) is 26.9 Å². The van der Waals surface area contributed by atoms with Crippen molar-refractivity contribution in [2.45, 2.75) is 38.1 Å². The summed E-state index contributed by atoms with van der Waals surface area (Å²) in [6.07, 6.45) is 3.94. The van der Waals surface area contributed by atoms with Crippen molar-refractivity contribution < 1.29 is 9.53 Å². The lowest BCUT2D eigenvalue weighted by molar-refractivity contribution is -0.140. The number of methoxy groups -OCH3 is 1. The molecular weight excluding hydrogens is 262 g/mol. The van der Waals surface area contributed by atoms with Crippen LogP contribution >= 0.6 is 11.8 Å². The van der Waals surface area contributed by atoms with E-state index in [0.29, 0.717) is 12.2 Å². The van der Waals surface area contributed by atoms with Crippen LogP contribution in [0.5, 0.6) is 0 Å². The Kier molecular flexibility index (Phi) is 7.25. The highest BCUT2D eigenvalue weighted by Crippen LogP contribution is 2.26. The average molecular weight is 283 g/mol. The van der Waals surface area contributed by atoms with Gasteiger partial charge in [0, 0.05) is 17.9 Å². The molecule has 1 N–H and O–H groups in total. The summed E-state index contributed by atoms with van der Waals surface area (Å²) < 4.78 is 4.63. The van der Waals surface area contributed by atoms with Gasteiger partial charge < -0.3 is 10.1 Å². The van der Waals surface area contributed by atoms with E-state index in [4.69, 9.17) is 0 Å². The number of hydrogen-bond acceptors (Lipinski definition) is 6. The Morgan fingerprint density at radius 2 is 2.21 bits per heavy atom. The fraction of sp³-hybridized carbons (Fsp3) is 0.615. The van der Waals surface area contributed by atoms with Crippen molar-refractivity contribution in [2.24, 2.45) is 0 Å². The van der Waals surface area contributed by atoms with Crippen molar-refractivity contribution in [1.29, 1.82) is 0 Å². The summed E-state index contributed by atoms with van der Waals surface area (Å²) in [7, 11) is 1.41. The summed E-state index contributed by atoms with van der Waals surface area (Å²) in [4.78, 5) is 19.7. The third kappa shape index (κ3) is 5.06. The molecule has 19 heavy (non-hydrogen) atoms. The maximum absolute atomic E-state index is 11.1. The van der Waals surface area contributed by atoms with Crippen LogP contribution in [0.1, 0.15) is 32.3 Å². The first-order valence-corrected chi connectivity index (χ1v) is 7.48. The van der Waals surface area contributed by atoms with Crippen molar-refractivity contribution in [3.05, 3.63) is 11.9 Å². The van der Waals surface area contributed by atoms with Crippen LogP contribution in [0.2, 0.25) is 0 Å². The molecule has 106 valence electrons. The molecule has 0 saturated carbocycles. The van der Waals surface area contributed by atoms with Gasteiger partial charge in [0.05, 0.1) is 13.5 Å². The summed E-state index contributed by atoms with van der Waals surface area (Å²) in [5.41, 5.74) is 1.14. The summed E-state index contributed by atoms with van der Waals surface area (Å²) in [6, 6.07) is 0. The molecule has 0 spiro atoms. The molecule has 0 aliphatic rings. The van der Waals surface area contributed by atoms with Crippen LogP contribution in [0.3, 0.4) is 0 Å². The van der Waals surface area contributed by atoms with E-state index in [-0.39, 0.29) is 5.97 Å². The maximum atomic E-state index is 11.1. The minimum Gasteiger partial charge on any atom is -0.469 e. The zero-order valence-electron chi connectivity index (χ0n) is 11.7. The van der Waals surface area contributed by atoms with E-state index in [9.17, 15) is 4.79 Å². The van der Waals surface area contributed by atoms with Gasteiger partial charge in [-0.3, -0.25) is 4.79 Å². The van der Waals surface area contributed by atoms with Gasteiger partial charge in [0.15, 0.2) is 0 Å². The summed E-state index contributed by atoms with van der Waals surface area (Å²) in [5, 5.41) is 4.21. The van der Waals surface area contributed by atoms with Gasteiger partial charge in [0.1, 0.15) is 17.2 Å². The van der Waals surface area contributed by atoms with Crippen molar-refractivity contribution >= 4 is 23.5 Å². The molecule has 0 fully saturated rings. The molecule has 0 amide bonds. The number of hydrogen-bond donors (Lipinski definition) is 1. The fourth-order valence-corrected chi connectivity index (χ4v) is 2.61. The van der Waals surface area contributed by atoms with Gasteiger partial charge in [0.25, 0.3) is 0 Å². The second-order valence-electron chi connectivity index (χ2n) is 3.96. The quantitative estimate of drug-likeness (QED) is 0.449. The van der Waals surface area contributed by atoms with Crippen molar-refractivity contribution in [1.82, 2.24) is 9.97 Å². The summed E-state index contributed by atoms with van der Waals surface area (Å²) in [6.45, 7) is 5.01. The topological polar surface area (TPSA) is 64.1 Å². The Balaban J connectivity index is 2.74. The van der Waals surface area contributed by atoms with E-state index < -0.39 is 0 Å². The number of thioether (sulfide) groups is 1. The van der Waals surface area contributed by atoms with E-state index in [1.165, 1.54) is 7.11 Å². The molecule has 0 atom stereocenters. The zero-order valence-corrected chi connectivity index (χ0v) is 12.5. The van der Waals surface area contributed by atoms with Crippen LogP contribution in [0.4, 0.5) is 5.82 Å². The van der Waals surface area contributed by atoms with E-state index in [1.807, 2.05) is 6.92 Å². The molecule has 1 rings (SSSR count). The SMILES string of the molecule is CCCc1c(NCC)ncnc1SCCC(=O)OC. The largest absolute Gasteiger partial charge is 0.469 e. The van der Waals surface area contributed by atoms with Crippen molar-refractivity contribution in [3.63, 3.8) is 0 Å². The molecule has 6 heteroatoms. The van der Waals surface area contributed by atoms with Gasteiger partial charge in [-0.2, -0.15) is 0 Å². The molecule has 0 aliphatic heterocycles. The first kappa shape index (κ1) is 15.8. The van der Waals surface area contributed by atoms with Crippen LogP contribution in [0, 0.1) is 0 Å². The number of nitrogens with one attached hydrogen (secondary N) is 1. The number of carbonyl (C=O) groups is 1. The monoisotopic (exact) mass is 283 g/mol. The van der Waals surface area contributed by atoms with Gasteiger partial charge in [-0.1, -0.05) is 13.3 Å². The minimum absolute atomic E-state index is 0.189. The normalized spacial score (nSPS) is 10.3. The molecule has 0 unspecified atom stereocenters. The summed E-state index contributed by atoms with van der Waals surface area (Å²) in [5.74, 6) is 1.39. The molecular formula is C13H21N3O2S. The smallest absolute Gasteiger partial charge is 0.306 e. The highest BCUT2D eigenvalue weighted by molar-refractivity contribution is 7.99. The molecule has 1 aromatic rings. The molecule has 1 heterocycles. The number of aromatic nitrogens is 2. The minimum atomic E-state index is -0.189. The first-order valence-electron chi connectivity index (χ1n) is 6.50. The highest BCUT2D eigenvalue weighted by atomic mass is 32.2. The fourth-order valence-electron chi connectivity index (χ4n) is 1.65. The third-order valence-electron chi connectivity index (χ3n) is 2.52. The Hall–Kier alpha value is -1.30. The molecule has 0 radical (unpaired) electrons. The van der Waals surface area contributed by atoms with Gasteiger partial charge in [-0.15, -0.1) is 11.8 Å². The Labute approximate surface area is 118 Å². The molecule has 0 bridgehead atoms. The third-order valence-corrected chi connectivity index (χ3v) is 3.56.